The Morgan fingerprint density at radius 1 is 1.18 bits per heavy atom. The third kappa shape index (κ3) is 4.02. The SMILES string of the molecule is CCc1nnc(Oc2ccc(NC(=O)c3sccc3C)cc2)c(C#N)c1CC. The average Bonchev–Trinajstić information content (AvgIpc) is 3.15. The molecule has 6 nitrogen and oxygen atoms in total. The second-order valence-electron chi connectivity index (χ2n) is 6.14. The van der Waals surface area contributed by atoms with E-state index >= 15 is 0 Å². The van der Waals surface area contributed by atoms with Gasteiger partial charge in [-0.25, -0.2) is 0 Å². The van der Waals surface area contributed by atoms with Crippen molar-refractivity contribution in [2.75, 3.05) is 5.32 Å². The third-order valence-corrected chi connectivity index (χ3v) is 5.34. The molecule has 28 heavy (non-hydrogen) atoms. The molecule has 0 saturated carbocycles. The Labute approximate surface area is 167 Å². The fraction of sp³-hybridized carbons (Fsp3) is 0.238. The summed E-state index contributed by atoms with van der Waals surface area (Å²) < 4.78 is 5.79. The molecule has 0 atom stereocenters. The van der Waals surface area contributed by atoms with Gasteiger partial charge in [0.15, 0.2) is 0 Å². The number of aryl methyl sites for hydroxylation is 2. The summed E-state index contributed by atoms with van der Waals surface area (Å²) in [5.41, 5.74) is 3.71. The van der Waals surface area contributed by atoms with E-state index in [2.05, 4.69) is 21.6 Å². The summed E-state index contributed by atoms with van der Waals surface area (Å²) in [6.07, 6.45) is 1.40. The van der Waals surface area contributed by atoms with Gasteiger partial charge in [-0.1, -0.05) is 13.8 Å². The van der Waals surface area contributed by atoms with E-state index in [4.69, 9.17) is 4.74 Å². The number of rotatable bonds is 6. The highest BCUT2D eigenvalue weighted by molar-refractivity contribution is 7.12. The number of anilines is 1. The van der Waals surface area contributed by atoms with Crippen molar-refractivity contribution in [3.05, 3.63) is 63.0 Å². The molecule has 142 valence electrons. The lowest BCUT2D eigenvalue weighted by atomic mass is 10.0. The number of aromatic nitrogens is 2. The molecule has 0 fully saturated rings. The summed E-state index contributed by atoms with van der Waals surface area (Å²) in [6.45, 7) is 5.87. The van der Waals surface area contributed by atoms with Gasteiger partial charge in [0, 0.05) is 5.69 Å². The van der Waals surface area contributed by atoms with Crippen LogP contribution in [0.5, 0.6) is 11.6 Å². The van der Waals surface area contributed by atoms with Crippen LogP contribution in [0.25, 0.3) is 0 Å². The molecule has 7 heteroatoms. The number of amides is 1. The van der Waals surface area contributed by atoms with Crippen LogP contribution >= 0.6 is 11.3 Å². The highest BCUT2D eigenvalue weighted by Gasteiger charge is 2.16. The van der Waals surface area contributed by atoms with Crippen LogP contribution in [0.2, 0.25) is 0 Å². The van der Waals surface area contributed by atoms with Gasteiger partial charge < -0.3 is 10.1 Å². The van der Waals surface area contributed by atoms with E-state index in [1.54, 1.807) is 24.3 Å². The van der Waals surface area contributed by atoms with Gasteiger partial charge in [0.25, 0.3) is 11.8 Å². The lowest BCUT2D eigenvalue weighted by Gasteiger charge is -2.11. The van der Waals surface area contributed by atoms with Crippen molar-refractivity contribution in [3.8, 4) is 17.7 Å². The first-order chi connectivity index (χ1) is 13.6. The first-order valence-electron chi connectivity index (χ1n) is 8.99. The molecule has 1 aromatic carbocycles. The third-order valence-electron chi connectivity index (χ3n) is 4.32. The smallest absolute Gasteiger partial charge is 0.265 e. The molecule has 0 radical (unpaired) electrons. The van der Waals surface area contributed by atoms with Crippen molar-refractivity contribution in [1.82, 2.24) is 10.2 Å². The van der Waals surface area contributed by atoms with Crippen molar-refractivity contribution >= 4 is 22.9 Å². The lowest BCUT2D eigenvalue weighted by molar-refractivity contribution is 0.103. The standard InChI is InChI=1S/C21H20N4O2S/c1-4-16-17(12-22)21(25-24-18(16)5-2)27-15-8-6-14(7-9-15)23-20(26)19-13(3)10-11-28-19/h6-11H,4-5H2,1-3H3,(H,23,26). The molecule has 0 unspecified atom stereocenters. The van der Waals surface area contributed by atoms with Crippen LogP contribution < -0.4 is 10.1 Å². The number of nitrogens with zero attached hydrogens (tertiary/aromatic N) is 3. The zero-order valence-corrected chi connectivity index (χ0v) is 16.8. The zero-order valence-electron chi connectivity index (χ0n) is 15.9. The number of carbonyl (C=O) groups is 1. The zero-order chi connectivity index (χ0) is 20.1. The fourth-order valence-electron chi connectivity index (χ4n) is 2.85. The van der Waals surface area contributed by atoms with E-state index in [1.807, 2.05) is 32.2 Å². The van der Waals surface area contributed by atoms with Gasteiger partial charge in [0.05, 0.1) is 10.6 Å². The number of nitrogens with one attached hydrogen (secondary N) is 1. The van der Waals surface area contributed by atoms with Gasteiger partial charge in [-0.3, -0.25) is 4.79 Å². The molecule has 0 spiro atoms. The van der Waals surface area contributed by atoms with Gasteiger partial charge in [-0.05, 0) is 66.6 Å². The molecular formula is C21H20N4O2S. The maximum absolute atomic E-state index is 12.3. The maximum Gasteiger partial charge on any atom is 0.265 e. The average molecular weight is 392 g/mol. The number of nitriles is 1. The Bertz CT molecular complexity index is 1040. The Kier molecular flexibility index (Phi) is 6.02. The number of thiophene rings is 1. The molecule has 3 aromatic rings. The van der Waals surface area contributed by atoms with Gasteiger partial charge in [0.2, 0.25) is 0 Å². The first-order valence-corrected chi connectivity index (χ1v) is 9.87. The summed E-state index contributed by atoms with van der Waals surface area (Å²) in [4.78, 5) is 13.0. The molecule has 0 aliphatic heterocycles. The van der Waals surface area contributed by atoms with E-state index < -0.39 is 0 Å². The summed E-state index contributed by atoms with van der Waals surface area (Å²) in [7, 11) is 0. The summed E-state index contributed by atoms with van der Waals surface area (Å²) >= 11 is 1.41. The van der Waals surface area contributed by atoms with Crippen molar-refractivity contribution in [1.29, 1.82) is 5.26 Å². The molecule has 0 saturated heterocycles. The Morgan fingerprint density at radius 2 is 1.93 bits per heavy atom. The fourth-order valence-corrected chi connectivity index (χ4v) is 3.67. The molecule has 1 amide bonds. The number of carbonyl (C=O) groups excluding carboxylic acids is 1. The van der Waals surface area contributed by atoms with Crippen LogP contribution in [0, 0.1) is 18.3 Å². The predicted molar refractivity (Wildman–Crippen MR) is 109 cm³/mol. The minimum atomic E-state index is -0.137. The summed E-state index contributed by atoms with van der Waals surface area (Å²) in [5, 5.41) is 22.6. The van der Waals surface area contributed by atoms with E-state index in [9.17, 15) is 10.1 Å². The van der Waals surface area contributed by atoms with Crippen LogP contribution in [0.3, 0.4) is 0 Å². The summed E-state index contributed by atoms with van der Waals surface area (Å²) in [5.74, 6) is 0.575. The topological polar surface area (TPSA) is 87.9 Å². The molecule has 0 bridgehead atoms. The van der Waals surface area contributed by atoms with E-state index in [1.165, 1.54) is 11.3 Å². The number of hydrogen-bond donors (Lipinski definition) is 1. The summed E-state index contributed by atoms with van der Waals surface area (Å²) in [6, 6.07) is 11.0. The van der Waals surface area contributed by atoms with Crippen LogP contribution in [0.4, 0.5) is 5.69 Å². The monoisotopic (exact) mass is 392 g/mol. The Balaban J connectivity index is 1.77. The highest BCUT2D eigenvalue weighted by atomic mass is 32.1. The lowest BCUT2D eigenvalue weighted by Crippen LogP contribution is -2.11. The van der Waals surface area contributed by atoms with E-state index in [0.29, 0.717) is 34.7 Å². The first kappa shape index (κ1) is 19.5. The number of ether oxygens (including phenoxy) is 1. The van der Waals surface area contributed by atoms with Crippen molar-refractivity contribution in [2.24, 2.45) is 0 Å². The second-order valence-corrected chi connectivity index (χ2v) is 7.05. The maximum atomic E-state index is 12.3. The van der Waals surface area contributed by atoms with Crippen molar-refractivity contribution in [2.45, 2.75) is 33.6 Å². The largest absolute Gasteiger partial charge is 0.437 e. The molecule has 3 rings (SSSR count). The second kappa shape index (κ2) is 8.63. The van der Waals surface area contributed by atoms with Gasteiger partial charge in [-0.2, -0.15) is 10.4 Å². The van der Waals surface area contributed by atoms with Crippen LogP contribution in [-0.2, 0) is 12.8 Å². The van der Waals surface area contributed by atoms with Crippen LogP contribution in [-0.4, -0.2) is 16.1 Å². The molecule has 1 N–H and O–H groups in total. The van der Waals surface area contributed by atoms with Crippen LogP contribution in [0.15, 0.2) is 35.7 Å². The quantitative estimate of drug-likeness (QED) is 0.645. The van der Waals surface area contributed by atoms with Gasteiger partial charge >= 0.3 is 0 Å². The molecule has 2 aromatic heterocycles. The van der Waals surface area contributed by atoms with Crippen LogP contribution in [0.1, 0.15) is 45.9 Å². The minimum absolute atomic E-state index is 0.137. The molecule has 2 heterocycles. The molecule has 0 aliphatic rings. The van der Waals surface area contributed by atoms with Crippen molar-refractivity contribution < 1.29 is 9.53 Å². The molecular weight excluding hydrogens is 372 g/mol. The predicted octanol–water partition coefficient (Wildman–Crippen LogP) is 4.89. The minimum Gasteiger partial charge on any atom is -0.437 e. The van der Waals surface area contributed by atoms with Gasteiger partial charge in [-0.15, -0.1) is 16.4 Å². The molecule has 0 aliphatic carbocycles. The van der Waals surface area contributed by atoms with E-state index in [0.717, 1.165) is 16.8 Å². The number of benzene rings is 1. The highest BCUT2D eigenvalue weighted by Crippen LogP contribution is 2.27. The van der Waals surface area contributed by atoms with E-state index in [-0.39, 0.29) is 11.8 Å². The van der Waals surface area contributed by atoms with Gasteiger partial charge in [0.1, 0.15) is 17.4 Å². The van der Waals surface area contributed by atoms with Crippen molar-refractivity contribution in [3.63, 3.8) is 0 Å². The Morgan fingerprint density at radius 3 is 2.50 bits per heavy atom. The number of hydrogen-bond acceptors (Lipinski definition) is 6. The normalized spacial score (nSPS) is 10.4. The Hall–Kier alpha value is -3.24.